The minimum Gasteiger partial charge on any atom is -0.493 e. The number of fused-ring (bicyclic) bond motifs is 3. The van der Waals surface area contributed by atoms with Crippen molar-refractivity contribution in [2.75, 3.05) is 52.2 Å². The van der Waals surface area contributed by atoms with E-state index in [0.717, 1.165) is 60.9 Å². The maximum absolute atomic E-state index is 14.9. The van der Waals surface area contributed by atoms with E-state index in [1.165, 1.54) is 6.07 Å². The van der Waals surface area contributed by atoms with Crippen molar-refractivity contribution < 1.29 is 28.4 Å². The maximum Gasteiger partial charge on any atom is 0.320 e. The largest absolute Gasteiger partial charge is 0.493 e. The van der Waals surface area contributed by atoms with Crippen LogP contribution in [0.3, 0.4) is 0 Å². The summed E-state index contributed by atoms with van der Waals surface area (Å²) >= 11 is 0. The van der Waals surface area contributed by atoms with Crippen LogP contribution in [0.1, 0.15) is 49.4 Å². The number of rotatable bonds is 10. The first-order valence-corrected chi connectivity index (χ1v) is 14.6. The summed E-state index contributed by atoms with van der Waals surface area (Å²) in [7, 11) is 3.33. The van der Waals surface area contributed by atoms with Gasteiger partial charge in [0.15, 0.2) is 6.79 Å². The molecule has 9 nitrogen and oxygen atoms in total. The van der Waals surface area contributed by atoms with E-state index in [1.54, 1.807) is 20.3 Å². The number of nitrogens with zero attached hydrogens (tertiary/aromatic N) is 4. The highest BCUT2D eigenvalue weighted by Gasteiger charge is 2.49. The average molecular weight is 567 g/mol. The lowest BCUT2D eigenvalue weighted by Crippen LogP contribution is -2.47. The fraction of sp³-hybridized carbons (Fsp3) is 0.548. The molecule has 3 aliphatic rings. The fourth-order valence-corrected chi connectivity index (χ4v) is 7.11. The number of hydrogen-bond donors (Lipinski definition) is 1. The average Bonchev–Trinajstić information content (AvgIpc) is 3.54. The molecule has 0 spiro atoms. The van der Waals surface area contributed by atoms with Crippen LogP contribution in [0.5, 0.6) is 17.6 Å². The minimum absolute atomic E-state index is 0.0311. The molecule has 41 heavy (non-hydrogen) atoms. The number of aryl methyl sites for hydroxylation is 1. The Bertz CT molecular complexity index is 1420. The maximum atomic E-state index is 14.9. The second kappa shape index (κ2) is 11.6. The van der Waals surface area contributed by atoms with E-state index in [9.17, 15) is 9.50 Å². The van der Waals surface area contributed by atoms with Crippen molar-refractivity contribution in [2.45, 2.75) is 63.6 Å². The van der Waals surface area contributed by atoms with E-state index in [0.29, 0.717) is 55.6 Å². The molecule has 2 fully saturated rings. The second-order valence-electron chi connectivity index (χ2n) is 11.4. The summed E-state index contributed by atoms with van der Waals surface area (Å²) in [5.41, 5.74) is 2.95. The monoisotopic (exact) mass is 566 g/mol. The van der Waals surface area contributed by atoms with Crippen LogP contribution in [-0.4, -0.2) is 78.9 Å². The van der Waals surface area contributed by atoms with Crippen LogP contribution < -0.4 is 14.4 Å². The molecule has 0 aliphatic carbocycles. The Labute approximate surface area is 240 Å². The van der Waals surface area contributed by atoms with Crippen molar-refractivity contribution in [3.8, 4) is 17.6 Å². The van der Waals surface area contributed by atoms with Crippen LogP contribution in [0.25, 0.3) is 10.8 Å². The fourth-order valence-electron chi connectivity index (χ4n) is 7.11. The molecule has 6 rings (SSSR count). The van der Waals surface area contributed by atoms with E-state index >= 15 is 0 Å². The Balaban J connectivity index is 1.28. The number of hydrogen-bond acceptors (Lipinski definition) is 9. The lowest BCUT2D eigenvalue weighted by molar-refractivity contribution is 0.0512. The Morgan fingerprint density at radius 3 is 2.78 bits per heavy atom. The van der Waals surface area contributed by atoms with Crippen molar-refractivity contribution in [2.24, 2.45) is 0 Å². The Hall–Kier alpha value is -3.21. The summed E-state index contributed by atoms with van der Waals surface area (Å²) in [6.45, 7) is 5.38. The summed E-state index contributed by atoms with van der Waals surface area (Å²) in [6, 6.07) is 7.76. The smallest absolute Gasteiger partial charge is 0.320 e. The molecule has 0 saturated carbocycles. The molecular formula is C31H39FN4O5. The molecule has 3 aliphatic heterocycles. The highest BCUT2D eigenvalue weighted by atomic mass is 19.1. The molecule has 4 heterocycles. The van der Waals surface area contributed by atoms with Gasteiger partial charge in [-0.2, -0.15) is 9.97 Å². The van der Waals surface area contributed by atoms with Gasteiger partial charge in [-0.25, -0.2) is 4.39 Å². The van der Waals surface area contributed by atoms with Gasteiger partial charge >= 0.3 is 6.01 Å². The lowest BCUT2D eigenvalue weighted by Gasteiger charge is -2.34. The number of methoxy groups -OCH3 is 2. The number of ether oxygens (including phenoxy) is 4. The normalized spacial score (nSPS) is 22.2. The second-order valence-corrected chi connectivity index (χ2v) is 11.4. The van der Waals surface area contributed by atoms with Crippen molar-refractivity contribution in [1.29, 1.82) is 0 Å². The van der Waals surface area contributed by atoms with Crippen LogP contribution in [0.4, 0.5) is 10.1 Å². The van der Waals surface area contributed by atoms with Crippen LogP contribution in [0.2, 0.25) is 0 Å². The van der Waals surface area contributed by atoms with Crippen molar-refractivity contribution in [3.63, 3.8) is 0 Å². The van der Waals surface area contributed by atoms with Gasteiger partial charge in [0, 0.05) is 49.5 Å². The molecule has 0 radical (unpaired) electrons. The van der Waals surface area contributed by atoms with E-state index in [4.69, 9.17) is 23.9 Å². The summed E-state index contributed by atoms with van der Waals surface area (Å²) in [5, 5.41) is 12.6. The van der Waals surface area contributed by atoms with E-state index in [2.05, 4.69) is 14.8 Å². The first-order valence-electron chi connectivity index (χ1n) is 14.6. The highest BCUT2D eigenvalue weighted by Crippen LogP contribution is 2.43. The van der Waals surface area contributed by atoms with Gasteiger partial charge in [0.1, 0.15) is 18.2 Å². The summed E-state index contributed by atoms with van der Waals surface area (Å²) in [4.78, 5) is 13.8. The number of halogens is 1. The number of aromatic nitrogens is 2. The number of aromatic hydroxyl groups is 1. The third-order valence-corrected chi connectivity index (χ3v) is 9.04. The summed E-state index contributed by atoms with van der Waals surface area (Å²) < 4.78 is 37.5. The molecule has 0 unspecified atom stereocenters. The van der Waals surface area contributed by atoms with Gasteiger partial charge in [0.05, 0.1) is 24.4 Å². The van der Waals surface area contributed by atoms with Crippen molar-refractivity contribution in [3.05, 3.63) is 46.9 Å². The molecule has 2 aromatic carbocycles. The van der Waals surface area contributed by atoms with Gasteiger partial charge in [-0.1, -0.05) is 13.0 Å². The van der Waals surface area contributed by atoms with Crippen LogP contribution in [0, 0.1) is 5.82 Å². The zero-order valence-electron chi connectivity index (χ0n) is 24.1. The third kappa shape index (κ3) is 5.17. The topological polar surface area (TPSA) is 89.4 Å². The molecule has 10 heteroatoms. The quantitative estimate of drug-likeness (QED) is 0.354. The summed E-state index contributed by atoms with van der Waals surface area (Å²) in [6.07, 6.45) is 5.46. The summed E-state index contributed by atoms with van der Waals surface area (Å²) in [5.74, 6) is 0.392. The van der Waals surface area contributed by atoms with Gasteiger partial charge in [-0.15, -0.1) is 0 Å². The number of anilines is 1. The van der Waals surface area contributed by atoms with Gasteiger partial charge in [0.25, 0.3) is 0 Å². The van der Waals surface area contributed by atoms with E-state index in [1.807, 2.05) is 19.1 Å². The molecular weight excluding hydrogens is 527 g/mol. The van der Waals surface area contributed by atoms with E-state index in [-0.39, 0.29) is 30.0 Å². The third-order valence-electron chi connectivity index (χ3n) is 9.04. The van der Waals surface area contributed by atoms with Crippen LogP contribution in [0.15, 0.2) is 24.3 Å². The van der Waals surface area contributed by atoms with E-state index < -0.39 is 0 Å². The zero-order chi connectivity index (χ0) is 28.6. The standard InChI is InChI=1S/C31H39FN4O5/c1-4-23-25(32)7-6-20-14-22(41-19-39-3)15-27(28(20)23)35-13-9-24-26(16-35)33-30(34-29(24)37)40-18-31-10-5-12-36(31)21(8-11-31)17-38-2/h6-7,14-15,21H,4-5,8-13,16-19H2,1-3H3,(H,33,34,37)/t21-,31+/m0/s1. The van der Waals surface area contributed by atoms with Gasteiger partial charge in [-0.05, 0) is 68.2 Å². The van der Waals surface area contributed by atoms with Crippen LogP contribution in [-0.2, 0) is 28.9 Å². The number of benzene rings is 2. The zero-order valence-corrected chi connectivity index (χ0v) is 24.1. The molecule has 220 valence electrons. The van der Waals surface area contributed by atoms with Crippen molar-refractivity contribution in [1.82, 2.24) is 14.9 Å². The minimum atomic E-state index is -0.222. The molecule has 2 saturated heterocycles. The first-order chi connectivity index (χ1) is 20.0. The lowest BCUT2D eigenvalue weighted by atomic mass is 9.95. The predicted octanol–water partition coefficient (Wildman–Crippen LogP) is 4.60. The Morgan fingerprint density at radius 2 is 1.98 bits per heavy atom. The SMILES string of the molecule is CCc1c(F)ccc2cc(OCOC)cc(N3CCc4c(O)nc(OC[C@]56CCCN5[C@H](COC)CC6)nc4C3)c12. The van der Waals surface area contributed by atoms with Gasteiger partial charge in [0.2, 0.25) is 5.88 Å². The molecule has 1 N–H and O–H groups in total. The molecule has 0 bridgehead atoms. The van der Waals surface area contributed by atoms with Gasteiger partial charge < -0.3 is 29.0 Å². The Morgan fingerprint density at radius 1 is 1.10 bits per heavy atom. The molecule has 1 aromatic heterocycles. The van der Waals surface area contributed by atoms with Crippen molar-refractivity contribution >= 4 is 16.5 Å². The highest BCUT2D eigenvalue weighted by molar-refractivity contribution is 5.98. The predicted molar refractivity (Wildman–Crippen MR) is 153 cm³/mol. The van der Waals surface area contributed by atoms with Gasteiger partial charge in [-0.3, -0.25) is 4.90 Å². The Kier molecular flexibility index (Phi) is 7.89. The first kappa shape index (κ1) is 27.9. The molecule has 0 amide bonds. The molecule has 2 atom stereocenters. The van der Waals surface area contributed by atoms with Crippen LogP contribution >= 0.6 is 0 Å². The molecule has 3 aromatic rings.